The van der Waals surface area contributed by atoms with Gasteiger partial charge in [-0.1, -0.05) is 48.0 Å². The summed E-state index contributed by atoms with van der Waals surface area (Å²) in [6.45, 7) is 1.96. The number of thiophene rings is 1. The van der Waals surface area contributed by atoms with Gasteiger partial charge in [-0.3, -0.25) is 9.59 Å². The van der Waals surface area contributed by atoms with Crippen LogP contribution < -0.4 is 15.4 Å². The van der Waals surface area contributed by atoms with E-state index in [9.17, 15) is 9.59 Å². The number of Topliss-reactive ketones (excluding diaryl/α,β-unsaturated/α-hetero) is 1. The summed E-state index contributed by atoms with van der Waals surface area (Å²) in [4.78, 5) is 26.1. The van der Waals surface area contributed by atoms with Crippen LogP contribution in [0.2, 0.25) is 0 Å². The van der Waals surface area contributed by atoms with Gasteiger partial charge >= 0.3 is 0 Å². The standard InChI is InChI=1S/C21H20N2O3S/c1-14-9-11-15(12-10-14)19(24)20(23-21(25)18-8-5-13-27-18)22-16-6-3-4-7-17(16)26-2/h3-13,20,22H,1-2H3,(H,23,25). The molecular weight excluding hydrogens is 360 g/mol. The third kappa shape index (κ3) is 4.54. The highest BCUT2D eigenvalue weighted by molar-refractivity contribution is 7.12. The molecule has 0 aliphatic heterocycles. The highest BCUT2D eigenvalue weighted by Gasteiger charge is 2.24. The Hall–Kier alpha value is -3.12. The zero-order valence-electron chi connectivity index (χ0n) is 15.1. The number of hydrogen-bond donors (Lipinski definition) is 2. The molecule has 2 aromatic carbocycles. The Labute approximate surface area is 162 Å². The molecule has 1 unspecified atom stereocenters. The van der Waals surface area contributed by atoms with Gasteiger partial charge in [0.05, 0.1) is 17.7 Å². The van der Waals surface area contributed by atoms with Crippen LogP contribution in [0.3, 0.4) is 0 Å². The largest absolute Gasteiger partial charge is 0.495 e. The van der Waals surface area contributed by atoms with Crippen LogP contribution in [0.4, 0.5) is 5.69 Å². The van der Waals surface area contributed by atoms with Gasteiger partial charge in [0, 0.05) is 5.56 Å². The van der Waals surface area contributed by atoms with Crippen LogP contribution in [-0.4, -0.2) is 25.0 Å². The van der Waals surface area contributed by atoms with Gasteiger partial charge in [-0.25, -0.2) is 0 Å². The lowest BCUT2D eigenvalue weighted by molar-refractivity contribution is 0.0871. The van der Waals surface area contributed by atoms with E-state index in [1.54, 1.807) is 43.5 Å². The van der Waals surface area contributed by atoms with E-state index in [1.807, 2.05) is 36.6 Å². The Morgan fingerprint density at radius 2 is 1.74 bits per heavy atom. The third-order valence-corrected chi connectivity index (χ3v) is 4.89. The smallest absolute Gasteiger partial charge is 0.263 e. The molecule has 1 heterocycles. The number of hydrogen-bond acceptors (Lipinski definition) is 5. The minimum absolute atomic E-state index is 0.231. The summed E-state index contributed by atoms with van der Waals surface area (Å²) in [5.74, 6) is 0.0493. The summed E-state index contributed by atoms with van der Waals surface area (Å²) in [7, 11) is 1.56. The zero-order valence-corrected chi connectivity index (χ0v) is 15.9. The first kappa shape index (κ1) is 18.7. The van der Waals surface area contributed by atoms with Crippen LogP contribution in [0.15, 0.2) is 66.0 Å². The SMILES string of the molecule is COc1ccccc1NC(NC(=O)c1cccs1)C(=O)c1ccc(C)cc1. The number of ketones is 1. The van der Waals surface area contributed by atoms with E-state index in [0.29, 0.717) is 21.9 Å². The molecule has 0 saturated carbocycles. The molecule has 0 fully saturated rings. The summed E-state index contributed by atoms with van der Waals surface area (Å²) in [5, 5.41) is 7.71. The Bertz CT molecular complexity index is 921. The van der Waals surface area contributed by atoms with Gasteiger partial charge in [-0.15, -0.1) is 11.3 Å². The molecule has 6 heteroatoms. The first-order chi connectivity index (χ1) is 13.1. The second kappa shape index (κ2) is 8.51. The maximum atomic E-state index is 13.1. The third-order valence-electron chi connectivity index (χ3n) is 4.03. The highest BCUT2D eigenvalue weighted by atomic mass is 32.1. The van der Waals surface area contributed by atoms with Crippen LogP contribution >= 0.6 is 11.3 Å². The van der Waals surface area contributed by atoms with Crippen molar-refractivity contribution in [3.8, 4) is 5.75 Å². The summed E-state index contributed by atoms with van der Waals surface area (Å²) < 4.78 is 5.34. The molecule has 1 amide bonds. The minimum atomic E-state index is -0.932. The molecule has 1 aromatic heterocycles. The Balaban J connectivity index is 1.89. The number of para-hydroxylation sites is 2. The lowest BCUT2D eigenvalue weighted by atomic mass is 10.1. The predicted octanol–water partition coefficient (Wildman–Crippen LogP) is 4.12. The fourth-order valence-electron chi connectivity index (χ4n) is 2.58. The molecule has 3 rings (SSSR count). The van der Waals surface area contributed by atoms with E-state index in [0.717, 1.165) is 5.56 Å². The predicted molar refractivity (Wildman–Crippen MR) is 108 cm³/mol. The highest BCUT2D eigenvalue weighted by Crippen LogP contribution is 2.24. The number of rotatable bonds is 7. The summed E-state index contributed by atoms with van der Waals surface area (Å²) in [6, 6.07) is 18.0. The van der Waals surface area contributed by atoms with Crippen LogP contribution in [0, 0.1) is 6.92 Å². The molecule has 0 aliphatic rings. The molecule has 0 bridgehead atoms. The molecule has 0 aliphatic carbocycles. The summed E-state index contributed by atoms with van der Waals surface area (Å²) >= 11 is 1.32. The molecule has 5 nitrogen and oxygen atoms in total. The van der Waals surface area contributed by atoms with Crippen LogP contribution in [0.1, 0.15) is 25.6 Å². The van der Waals surface area contributed by atoms with Gasteiger partial charge in [0.2, 0.25) is 5.78 Å². The van der Waals surface area contributed by atoms with Gasteiger partial charge < -0.3 is 15.4 Å². The second-order valence-electron chi connectivity index (χ2n) is 5.96. The van der Waals surface area contributed by atoms with Crippen molar-refractivity contribution in [2.45, 2.75) is 13.1 Å². The van der Waals surface area contributed by atoms with E-state index >= 15 is 0 Å². The summed E-state index contributed by atoms with van der Waals surface area (Å²) in [6.07, 6.45) is -0.932. The number of amides is 1. The molecule has 0 spiro atoms. The lowest BCUT2D eigenvalue weighted by Crippen LogP contribution is -2.46. The topological polar surface area (TPSA) is 67.4 Å². The molecule has 2 N–H and O–H groups in total. The molecule has 0 saturated heterocycles. The average molecular weight is 380 g/mol. The average Bonchev–Trinajstić information content (AvgIpc) is 3.23. The summed E-state index contributed by atoms with van der Waals surface area (Å²) in [5.41, 5.74) is 2.19. The maximum Gasteiger partial charge on any atom is 0.263 e. The van der Waals surface area contributed by atoms with Gasteiger partial charge in [-0.05, 0) is 30.5 Å². The van der Waals surface area contributed by atoms with Crippen molar-refractivity contribution in [1.29, 1.82) is 0 Å². The quantitative estimate of drug-likeness (QED) is 0.478. The maximum absolute atomic E-state index is 13.1. The number of nitrogens with one attached hydrogen (secondary N) is 2. The molecule has 1 atom stereocenters. The number of anilines is 1. The van der Waals surface area contributed by atoms with Gasteiger partial charge in [0.15, 0.2) is 6.17 Å². The number of ether oxygens (including phenoxy) is 1. The van der Waals surface area contributed by atoms with Gasteiger partial charge in [-0.2, -0.15) is 0 Å². The first-order valence-electron chi connectivity index (χ1n) is 8.43. The number of methoxy groups -OCH3 is 1. The van der Waals surface area contributed by atoms with Crippen molar-refractivity contribution >= 4 is 28.7 Å². The number of aryl methyl sites for hydroxylation is 1. The van der Waals surface area contributed by atoms with E-state index in [1.165, 1.54) is 11.3 Å². The van der Waals surface area contributed by atoms with E-state index in [2.05, 4.69) is 10.6 Å². The Morgan fingerprint density at radius 3 is 2.41 bits per heavy atom. The Kier molecular flexibility index (Phi) is 5.88. The zero-order chi connectivity index (χ0) is 19.2. The van der Waals surface area contributed by atoms with E-state index in [-0.39, 0.29) is 11.7 Å². The molecule has 3 aromatic rings. The second-order valence-corrected chi connectivity index (χ2v) is 6.91. The number of carbonyl (C=O) groups is 2. The van der Waals surface area contributed by atoms with Gasteiger partial charge in [0.1, 0.15) is 5.75 Å². The van der Waals surface area contributed by atoms with E-state index < -0.39 is 6.17 Å². The van der Waals surface area contributed by atoms with Gasteiger partial charge in [0.25, 0.3) is 5.91 Å². The number of benzene rings is 2. The molecular formula is C21H20N2O3S. The lowest BCUT2D eigenvalue weighted by Gasteiger charge is -2.21. The van der Waals surface area contributed by atoms with Crippen molar-refractivity contribution in [3.63, 3.8) is 0 Å². The molecule has 27 heavy (non-hydrogen) atoms. The monoisotopic (exact) mass is 380 g/mol. The normalized spacial score (nSPS) is 11.5. The fourth-order valence-corrected chi connectivity index (χ4v) is 3.21. The van der Waals surface area contributed by atoms with Crippen molar-refractivity contribution in [2.24, 2.45) is 0 Å². The van der Waals surface area contributed by atoms with E-state index in [4.69, 9.17) is 4.74 Å². The first-order valence-corrected chi connectivity index (χ1v) is 9.31. The number of carbonyl (C=O) groups excluding carboxylic acids is 2. The van der Waals surface area contributed by atoms with Crippen molar-refractivity contribution in [3.05, 3.63) is 82.0 Å². The molecule has 0 radical (unpaired) electrons. The van der Waals surface area contributed by atoms with Crippen molar-refractivity contribution in [1.82, 2.24) is 5.32 Å². The Morgan fingerprint density at radius 1 is 1.00 bits per heavy atom. The van der Waals surface area contributed by atoms with Crippen molar-refractivity contribution in [2.75, 3.05) is 12.4 Å². The van der Waals surface area contributed by atoms with Crippen LogP contribution in [0.25, 0.3) is 0 Å². The van der Waals surface area contributed by atoms with Crippen LogP contribution in [-0.2, 0) is 0 Å². The van der Waals surface area contributed by atoms with Crippen LogP contribution in [0.5, 0.6) is 5.75 Å². The van der Waals surface area contributed by atoms with Crippen molar-refractivity contribution < 1.29 is 14.3 Å². The minimum Gasteiger partial charge on any atom is -0.495 e. The molecule has 138 valence electrons. The fraction of sp³-hybridized carbons (Fsp3) is 0.143.